The molecule has 0 saturated carbocycles. The lowest BCUT2D eigenvalue weighted by Gasteiger charge is -2.06. The van der Waals surface area contributed by atoms with Crippen LogP contribution in [0.5, 0.6) is 11.5 Å². The van der Waals surface area contributed by atoms with Crippen molar-refractivity contribution in [2.45, 2.75) is 71.1 Å². The van der Waals surface area contributed by atoms with Gasteiger partial charge >= 0.3 is 0 Å². The summed E-state index contributed by atoms with van der Waals surface area (Å²) in [4.78, 5) is 0. The predicted molar refractivity (Wildman–Crippen MR) is 125 cm³/mol. The predicted octanol–water partition coefficient (Wildman–Crippen LogP) is 8.02. The average molecular weight is 406 g/mol. The lowest BCUT2D eigenvalue weighted by atomic mass is 10.1. The number of hydrogen-bond donors (Lipinski definition) is 0. The lowest BCUT2D eigenvalue weighted by Crippen LogP contribution is -1.97. The van der Waals surface area contributed by atoms with Gasteiger partial charge in [-0.1, -0.05) is 101 Å². The zero-order valence-electron chi connectivity index (χ0n) is 18.3. The van der Waals surface area contributed by atoms with E-state index in [-0.39, 0.29) is 0 Å². The Labute approximate surface area is 182 Å². The molecule has 0 spiro atoms. The van der Waals surface area contributed by atoms with Crippen molar-refractivity contribution < 1.29 is 9.47 Å². The maximum Gasteiger partial charge on any atom is 0.292 e. The topological polar surface area (TPSA) is 42.2 Å². The van der Waals surface area contributed by atoms with Gasteiger partial charge < -0.3 is 9.47 Å². The molecule has 0 aliphatic rings. The largest absolute Gasteiger partial charge is 0.494 e. The first kappa shape index (κ1) is 23.5. The standard InChI is InChI=1S/C27H35NO2/c1-2-3-4-5-6-7-8-9-10-11-22-29-26-18-14-24(15-19-26)12-13-25-16-20-27(21-17-25)30-23-28/h12-21H,2-11,22H2,1H3/b13-12+. The smallest absolute Gasteiger partial charge is 0.292 e. The molecule has 3 nitrogen and oxygen atoms in total. The van der Waals surface area contributed by atoms with E-state index < -0.39 is 0 Å². The Kier molecular flexibility index (Phi) is 11.9. The van der Waals surface area contributed by atoms with Gasteiger partial charge in [-0.25, -0.2) is 0 Å². The molecule has 0 atom stereocenters. The second kappa shape index (κ2) is 15.2. The maximum atomic E-state index is 8.51. The number of nitriles is 1. The Hall–Kier alpha value is -2.73. The number of benzene rings is 2. The Morgan fingerprint density at radius 2 is 1.13 bits per heavy atom. The maximum absolute atomic E-state index is 8.51. The number of hydrogen-bond acceptors (Lipinski definition) is 3. The number of rotatable bonds is 15. The Balaban J connectivity index is 1.58. The van der Waals surface area contributed by atoms with Gasteiger partial charge in [0.15, 0.2) is 0 Å². The molecular weight excluding hydrogens is 370 g/mol. The highest BCUT2D eigenvalue weighted by atomic mass is 16.5. The molecule has 0 aliphatic heterocycles. The Morgan fingerprint density at radius 1 is 0.667 bits per heavy atom. The van der Waals surface area contributed by atoms with Gasteiger partial charge in [-0.05, 0) is 41.8 Å². The quantitative estimate of drug-likeness (QED) is 0.171. The third-order valence-electron chi connectivity index (χ3n) is 5.16. The molecular formula is C27H35NO2. The fourth-order valence-electron chi connectivity index (χ4n) is 3.35. The van der Waals surface area contributed by atoms with E-state index in [1.165, 1.54) is 57.8 Å². The molecule has 160 valence electrons. The molecule has 0 radical (unpaired) electrons. The van der Waals surface area contributed by atoms with Gasteiger partial charge in [0.2, 0.25) is 0 Å². The van der Waals surface area contributed by atoms with Gasteiger partial charge in [-0.2, -0.15) is 0 Å². The fraction of sp³-hybridized carbons (Fsp3) is 0.444. The van der Waals surface area contributed by atoms with E-state index in [2.05, 4.69) is 25.1 Å². The summed E-state index contributed by atoms with van der Waals surface area (Å²) >= 11 is 0. The molecule has 0 fully saturated rings. The molecule has 2 aromatic carbocycles. The van der Waals surface area contributed by atoms with E-state index >= 15 is 0 Å². The Morgan fingerprint density at radius 3 is 1.63 bits per heavy atom. The van der Waals surface area contributed by atoms with Crippen molar-refractivity contribution in [2.24, 2.45) is 0 Å². The summed E-state index contributed by atoms with van der Waals surface area (Å²) in [6.07, 6.45) is 19.2. The monoisotopic (exact) mass is 405 g/mol. The normalized spacial score (nSPS) is 10.8. The molecule has 0 amide bonds. The van der Waals surface area contributed by atoms with Crippen LogP contribution < -0.4 is 9.47 Å². The van der Waals surface area contributed by atoms with Crippen molar-refractivity contribution in [3.8, 4) is 17.8 Å². The van der Waals surface area contributed by atoms with Crippen LogP contribution >= 0.6 is 0 Å². The van der Waals surface area contributed by atoms with Gasteiger partial charge in [-0.3, -0.25) is 0 Å². The molecule has 0 unspecified atom stereocenters. The van der Waals surface area contributed by atoms with E-state index in [4.69, 9.17) is 14.7 Å². The molecule has 30 heavy (non-hydrogen) atoms. The highest BCUT2D eigenvalue weighted by Crippen LogP contribution is 2.17. The first-order chi connectivity index (χ1) is 14.8. The molecule has 0 N–H and O–H groups in total. The molecule has 0 aromatic heterocycles. The van der Waals surface area contributed by atoms with Crippen LogP contribution in [0.15, 0.2) is 48.5 Å². The van der Waals surface area contributed by atoms with Crippen LogP contribution in [-0.2, 0) is 0 Å². The van der Waals surface area contributed by atoms with E-state index in [0.717, 1.165) is 29.9 Å². The third-order valence-corrected chi connectivity index (χ3v) is 5.16. The number of nitrogens with zero attached hydrogens (tertiary/aromatic N) is 1. The minimum atomic E-state index is 0.554. The van der Waals surface area contributed by atoms with Gasteiger partial charge in [-0.15, -0.1) is 5.26 Å². The fourth-order valence-corrected chi connectivity index (χ4v) is 3.35. The second-order valence-electron chi connectivity index (χ2n) is 7.70. The van der Waals surface area contributed by atoms with Crippen molar-refractivity contribution in [1.29, 1.82) is 5.26 Å². The average Bonchev–Trinajstić information content (AvgIpc) is 2.78. The van der Waals surface area contributed by atoms with Crippen LogP contribution in [0, 0.1) is 11.5 Å². The number of unbranched alkanes of at least 4 members (excludes halogenated alkanes) is 9. The first-order valence-corrected chi connectivity index (χ1v) is 11.4. The minimum absolute atomic E-state index is 0.554. The molecule has 2 aromatic rings. The Bertz CT molecular complexity index is 757. The molecule has 3 heteroatoms. The van der Waals surface area contributed by atoms with Crippen molar-refractivity contribution in [3.05, 3.63) is 59.7 Å². The minimum Gasteiger partial charge on any atom is -0.494 e. The summed E-state index contributed by atoms with van der Waals surface area (Å²) in [7, 11) is 0. The van der Waals surface area contributed by atoms with Crippen LogP contribution in [0.3, 0.4) is 0 Å². The van der Waals surface area contributed by atoms with E-state index in [9.17, 15) is 0 Å². The van der Waals surface area contributed by atoms with Gasteiger partial charge in [0.25, 0.3) is 6.26 Å². The zero-order chi connectivity index (χ0) is 21.3. The van der Waals surface area contributed by atoms with Gasteiger partial charge in [0.1, 0.15) is 11.5 Å². The zero-order valence-corrected chi connectivity index (χ0v) is 18.3. The van der Waals surface area contributed by atoms with Crippen molar-refractivity contribution >= 4 is 12.2 Å². The van der Waals surface area contributed by atoms with E-state index in [0.29, 0.717) is 5.75 Å². The summed E-state index contributed by atoms with van der Waals surface area (Å²) in [6, 6.07) is 15.6. The molecule has 0 bridgehead atoms. The molecule has 2 rings (SSSR count). The number of ether oxygens (including phenoxy) is 2. The third kappa shape index (κ3) is 10.2. The van der Waals surface area contributed by atoms with Crippen LogP contribution in [0.2, 0.25) is 0 Å². The highest BCUT2D eigenvalue weighted by molar-refractivity contribution is 5.70. The highest BCUT2D eigenvalue weighted by Gasteiger charge is 1.97. The van der Waals surface area contributed by atoms with Crippen molar-refractivity contribution in [1.82, 2.24) is 0 Å². The summed E-state index contributed by atoms with van der Waals surface area (Å²) < 4.78 is 10.7. The van der Waals surface area contributed by atoms with Crippen molar-refractivity contribution in [3.63, 3.8) is 0 Å². The molecule has 0 saturated heterocycles. The summed E-state index contributed by atoms with van der Waals surface area (Å²) in [5.74, 6) is 1.49. The van der Waals surface area contributed by atoms with Gasteiger partial charge in [0.05, 0.1) is 6.61 Å². The SMILES string of the molecule is CCCCCCCCCCCCOc1ccc(/C=C/c2ccc(OC#N)cc2)cc1. The van der Waals surface area contributed by atoms with E-state index in [1.807, 2.05) is 30.3 Å². The van der Waals surface area contributed by atoms with E-state index in [1.54, 1.807) is 18.4 Å². The van der Waals surface area contributed by atoms with Gasteiger partial charge in [0, 0.05) is 0 Å². The van der Waals surface area contributed by atoms with Crippen LogP contribution in [0.1, 0.15) is 82.3 Å². The van der Waals surface area contributed by atoms with Crippen LogP contribution in [0.25, 0.3) is 12.2 Å². The molecule has 0 aliphatic carbocycles. The second-order valence-corrected chi connectivity index (χ2v) is 7.70. The molecule has 0 heterocycles. The lowest BCUT2D eigenvalue weighted by molar-refractivity contribution is 0.304. The van der Waals surface area contributed by atoms with Crippen LogP contribution in [0.4, 0.5) is 0 Å². The summed E-state index contributed by atoms with van der Waals surface area (Å²) in [5.41, 5.74) is 2.18. The van der Waals surface area contributed by atoms with Crippen molar-refractivity contribution in [2.75, 3.05) is 6.61 Å². The first-order valence-electron chi connectivity index (χ1n) is 11.4. The summed E-state index contributed by atoms with van der Waals surface area (Å²) in [6.45, 7) is 3.06. The summed E-state index contributed by atoms with van der Waals surface area (Å²) in [5, 5.41) is 8.51. The van der Waals surface area contributed by atoms with Crippen LogP contribution in [-0.4, -0.2) is 6.61 Å².